The van der Waals surface area contributed by atoms with E-state index in [2.05, 4.69) is 26.1 Å². The molecule has 1 rings (SSSR count). The average Bonchev–Trinajstić information content (AvgIpc) is 2.35. The van der Waals surface area contributed by atoms with E-state index in [-0.39, 0.29) is 17.8 Å². The first kappa shape index (κ1) is 15.1. The monoisotopic (exact) mass is 253 g/mol. The van der Waals surface area contributed by atoms with Crippen molar-refractivity contribution in [2.75, 3.05) is 19.7 Å². The summed E-state index contributed by atoms with van der Waals surface area (Å²) in [5.41, 5.74) is 1.08. The third-order valence-electron chi connectivity index (χ3n) is 3.46. The first-order chi connectivity index (χ1) is 8.49. The third kappa shape index (κ3) is 4.39. The highest BCUT2D eigenvalue weighted by Crippen LogP contribution is 2.22. The molecule has 0 heterocycles. The van der Waals surface area contributed by atoms with Crippen LogP contribution in [0.5, 0.6) is 0 Å². The van der Waals surface area contributed by atoms with Crippen molar-refractivity contribution in [3.05, 3.63) is 35.6 Å². The summed E-state index contributed by atoms with van der Waals surface area (Å²) < 4.78 is 12.9. The molecule has 1 aromatic carbocycles. The molecule has 0 saturated carbocycles. The van der Waals surface area contributed by atoms with Crippen molar-refractivity contribution in [3.63, 3.8) is 0 Å². The molecular formula is C15H24FNO. The fraction of sp³-hybridized carbons (Fsp3) is 0.600. The molecule has 3 heteroatoms. The van der Waals surface area contributed by atoms with Crippen molar-refractivity contribution in [2.24, 2.45) is 5.92 Å². The predicted octanol–water partition coefficient (Wildman–Crippen LogP) is 2.71. The van der Waals surface area contributed by atoms with E-state index in [1.54, 1.807) is 0 Å². The van der Waals surface area contributed by atoms with Crippen molar-refractivity contribution in [1.82, 2.24) is 5.32 Å². The SMILES string of the molecule is CCC(CO)CNCC(C)(C)c1ccc(F)cc1. The zero-order valence-electron chi connectivity index (χ0n) is 11.5. The number of aliphatic hydroxyl groups is 1. The van der Waals surface area contributed by atoms with Gasteiger partial charge in [0.05, 0.1) is 0 Å². The van der Waals surface area contributed by atoms with E-state index in [0.717, 1.165) is 25.1 Å². The van der Waals surface area contributed by atoms with Gasteiger partial charge in [0.25, 0.3) is 0 Å². The summed E-state index contributed by atoms with van der Waals surface area (Å²) in [5, 5.41) is 12.5. The van der Waals surface area contributed by atoms with Gasteiger partial charge >= 0.3 is 0 Å². The average molecular weight is 253 g/mol. The lowest BCUT2D eigenvalue weighted by Gasteiger charge is -2.27. The Kier molecular flexibility index (Phi) is 5.76. The van der Waals surface area contributed by atoms with Gasteiger partial charge in [-0.3, -0.25) is 0 Å². The van der Waals surface area contributed by atoms with Crippen molar-refractivity contribution >= 4 is 0 Å². The molecule has 0 amide bonds. The molecule has 0 fully saturated rings. The number of benzene rings is 1. The summed E-state index contributed by atoms with van der Waals surface area (Å²) in [6, 6.07) is 6.67. The van der Waals surface area contributed by atoms with E-state index in [1.165, 1.54) is 12.1 Å². The quantitative estimate of drug-likeness (QED) is 0.783. The second-order valence-corrected chi connectivity index (χ2v) is 5.48. The fourth-order valence-electron chi connectivity index (χ4n) is 1.93. The number of hydrogen-bond acceptors (Lipinski definition) is 2. The van der Waals surface area contributed by atoms with Gasteiger partial charge in [-0.2, -0.15) is 0 Å². The minimum atomic E-state index is -0.200. The van der Waals surface area contributed by atoms with Crippen LogP contribution in [0.1, 0.15) is 32.8 Å². The molecule has 2 N–H and O–H groups in total. The van der Waals surface area contributed by atoms with Crippen LogP contribution in [-0.4, -0.2) is 24.8 Å². The molecule has 0 aliphatic rings. The van der Waals surface area contributed by atoms with E-state index < -0.39 is 0 Å². The Balaban J connectivity index is 2.51. The summed E-state index contributed by atoms with van der Waals surface area (Å²) in [5.74, 6) is 0.114. The topological polar surface area (TPSA) is 32.3 Å². The van der Waals surface area contributed by atoms with Gasteiger partial charge < -0.3 is 10.4 Å². The fourth-order valence-corrected chi connectivity index (χ4v) is 1.93. The van der Waals surface area contributed by atoms with Gasteiger partial charge in [0.15, 0.2) is 0 Å². The summed E-state index contributed by atoms with van der Waals surface area (Å²) in [7, 11) is 0. The van der Waals surface area contributed by atoms with Crippen LogP contribution in [0.3, 0.4) is 0 Å². The Hall–Kier alpha value is -0.930. The Labute approximate surface area is 109 Å². The molecule has 0 saturated heterocycles. The van der Waals surface area contributed by atoms with Crippen LogP contribution in [0.25, 0.3) is 0 Å². The predicted molar refractivity (Wildman–Crippen MR) is 73.2 cm³/mol. The minimum Gasteiger partial charge on any atom is -0.396 e. The number of aliphatic hydroxyl groups excluding tert-OH is 1. The molecule has 0 spiro atoms. The van der Waals surface area contributed by atoms with Crippen LogP contribution >= 0.6 is 0 Å². The van der Waals surface area contributed by atoms with Crippen LogP contribution in [0.2, 0.25) is 0 Å². The minimum absolute atomic E-state index is 0.0402. The highest BCUT2D eigenvalue weighted by Gasteiger charge is 2.20. The lowest BCUT2D eigenvalue weighted by atomic mass is 9.84. The van der Waals surface area contributed by atoms with Crippen LogP contribution in [0.15, 0.2) is 24.3 Å². The summed E-state index contributed by atoms with van der Waals surface area (Å²) >= 11 is 0. The Morgan fingerprint density at radius 1 is 1.28 bits per heavy atom. The molecule has 0 bridgehead atoms. The standard InChI is InChI=1S/C15H24FNO/c1-4-12(10-18)9-17-11-15(2,3)13-5-7-14(16)8-6-13/h5-8,12,17-18H,4,9-11H2,1-3H3. The Morgan fingerprint density at radius 3 is 2.39 bits per heavy atom. The molecule has 18 heavy (non-hydrogen) atoms. The summed E-state index contributed by atoms with van der Waals surface area (Å²) in [6.45, 7) is 8.20. The van der Waals surface area contributed by atoms with Crippen LogP contribution < -0.4 is 5.32 Å². The molecule has 0 radical (unpaired) electrons. The summed E-state index contributed by atoms with van der Waals surface area (Å²) in [4.78, 5) is 0. The molecule has 2 nitrogen and oxygen atoms in total. The second-order valence-electron chi connectivity index (χ2n) is 5.48. The first-order valence-corrected chi connectivity index (χ1v) is 6.57. The third-order valence-corrected chi connectivity index (χ3v) is 3.46. The van der Waals surface area contributed by atoms with Crippen molar-refractivity contribution < 1.29 is 9.50 Å². The van der Waals surface area contributed by atoms with Gasteiger partial charge in [-0.15, -0.1) is 0 Å². The molecule has 1 atom stereocenters. The van der Waals surface area contributed by atoms with Crippen molar-refractivity contribution in [1.29, 1.82) is 0 Å². The Bertz CT molecular complexity index is 344. The lowest BCUT2D eigenvalue weighted by Crippen LogP contribution is -2.36. The van der Waals surface area contributed by atoms with Gasteiger partial charge in [-0.1, -0.05) is 32.9 Å². The van der Waals surface area contributed by atoms with Crippen LogP contribution in [0.4, 0.5) is 4.39 Å². The van der Waals surface area contributed by atoms with Gasteiger partial charge in [0, 0.05) is 25.1 Å². The summed E-state index contributed by atoms with van der Waals surface area (Å²) in [6.07, 6.45) is 0.973. The second kappa shape index (κ2) is 6.86. The molecule has 0 aliphatic heterocycles. The zero-order chi connectivity index (χ0) is 13.6. The highest BCUT2D eigenvalue weighted by atomic mass is 19.1. The number of rotatable bonds is 7. The van der Waals surface area contributed by atoms with Gasteiger partial charge in [0.1, 0.15) is 5.82 Å². The van der Waals surface area contributed by atoms with E-state index in [0.29, 0.717) is 5.92 Å². The molecular weight excluding hydrogens is 229 g/mol. The maximum Gasteiger partial charge on any atom is 0.123 e. The van der Waals surface area contributed by atoms with Crippen LogP contribution in [-0.2, 0) is 5.41 Å². The molecule has 1 aromatic rings. The lowest BCUT2D eigenvalue weighted by molar-refractivity contribution is 0.216. The first-order valence-electron chi connectivity index (χ1n) is 6.57. The van der Waals surface area contributed by atoms with Crippen molar-refractivity contribution in [2.45, 2.75) is 32.6 Å². The molecule has 102 valence electrons. The van der Waals surface area contributed by atoms with Gasteiger partial charge in [0.2, 0.25) is 0 Å². The number of halogens is 1. The highest BCUT2D eigenvalue weighted by molar-refractivity contribution is 5.24. The van der Waals surface area contributed by atoms with E-state index in [9.17, 15) is 4.39 Å². The van der Waals surface area contributed by atoms with Crippen molar-refractivity contribution in [3.8, 4) is 0 Å². The number of hydrogen-bond donors (Lipinski definition) is 2. The van der Waals surface area contributed by atoms with Crippen LogP contribution in [0, 0.1) is 11.7 Å². The maximum absolute atomic E-state index is 12.9. The van der Waals surface area contributed by atoms with E-state index >= 15 is 0 Å². The Morgan fingerprint density at radius 2 is 1.89 bits per heavy atom. The van der Waals surface area contributed by atoms with E-state index in [1.807, 2.05) is 12.1 Å². The van der Waals surface area contributed by atoms with Gasteiger partial charge in [-0.25, -0.2) is 4.39 Å². The maximum atomic E-state index is 12.9. The number of nitrogens with one attached hydrogen (secondary N) is 1. The smallest absolute Gasteiger partial charge is 0.123 e. The zero-order valence-corrected chi connectivity index (χ0v) is 11.5. The molecule has 0 aliphatic carbocycles. The molecule has 1 unspecified atom stereocenters. The van der Waals surface area contributed by atoms with E-state index in [4.69, 9.17) is 5.11 Å². The largest absolute Gasteiger partial charge is 0.396 e. The van der Waals surface area contributed by atoms with Gasteiger partial charge in [-0.05, 0) is 30.0 Å². The molecule has 0 aromatic heterocycles. The normalized spacial score (nSPS) is 13.6.